The van der Waals surface area contributed by atoms with E-state index in [0.29, 0.717) is 5.41 Å². The van der Waals surface area contributed by atoms with Crippen molar-refractivity contribution in [1.82, 2.24) is 0 Å². The van der Waals surface area contributed by atoms with E-state index < -0.39 is 0 Å². The van der Waals surface area contributed by atoms with Crippen molar-refractivity contribution in [1.29, 1.82) is 0 Å². The number of unbranched alkanes of at least 4 members (excludes halogenated alkanes) is 1. The molecule has 0 unspecified atom stereocenters. The Morgan fingerprint density at radius 1 is 1.11 bits per heavy atom. The Hall–Kier alpha value is -0.740. The van der Waals surface area contributed by atoms with Gasteiger partial charge in [-0.2, -0.15) is 0 Å². The van der Waals surface area contributed by atoms with Gasteiger partial charge in [0.25, 0.3) is 0 Å². The highest BCUT2D eigenvalue weighted by atomic mass is 79.9. The van der Waals surface area contributed by atoms with E-state index in [1.165, 1.54) is 18.4 Å². The largest absolute Gasteiger partial charge is 0.489 e. The molecule has 0 bridgehead atoms. The Kier molecular flexibility index (Phi) is 3.72. The average molecular weight is 326 g/mol. The molecule has 1 saturated carbocycles. The fraction of sp³-hybridized carbons (Fsp3) is 0.600. The van der Waals surface area contributed by atoms with Crippen LogP contribution < -0.4 is 15.2 Å². The lowest BCUT2D eigenvalue weighted by Gasteiger charge is -2.11. The second-order valence-electron chi connectivity index (χ2n) is 5.71. The highest BCUT2D eigenvalue weighted by molar-refractivity contribution is 9.10. The molecule has 0 radical (unpaired) electrons. The third-order valence-electron chi connectivity index (χ3n) is 4.04. The molecule has 1 spiro atoms. The predicted molar refractivity (Wildman–Crippen MR) is 78.8 cm³/mol. The molecule has 2 aliphatic rings. The summed E-state index contributed by atoms with van der Waals surface area (Å²) < 4.78 is 13.0. The topological polar surface area (TPSA) is 44.5 Å². The maximum atomic E-state index is 5.96. The lowest BCUT2D eigenvalue weighted by atomic mass is 10.1. The van der Waals surface area contributed by atoms with Gasteiger partial charge in [-0.15, -0.1) is 0 Å². The van der Waals surface area contributed by atoms with Crippen LogP contribution in [0.15, 0.2) is 16.6 Å². The lowest BCUT2D eigenvalue weighted by Crippen LogP contribution is -2.17. The molecule has 1 aliphatic heterocycles. The van der Waals surface area contributed by atoms with Gasteiger partial charge in [0.1, 0.15) is 0 Å². The molecule has 2 N–H and O–H groups in total. The van der Waals surface area contributed by atoms with Crippen molar-refractivity contribution in [3.63, 3.8) is 0 Å². The summed E-state index contributed by atoms with van der Waals surface area (Å²) in [5.41, 5.74) is 7.12. The fourth-order valence-corrected chi connectivity index (χ4v) is 2.94. The molecule has 0 amide bonds. The van der Waals surface area contributed by atoms with Gasteiger partial charge in [0.05, 0.1) is 13.2 Å². The highest BCUT2D eigenvalue weighted by Crippen LogP contribution is 2.49. The quantitative estimate of drug-likeness (QED) is 0.864. The summed E-state index contributed by atoms with van der Waals surface area (Å²) in [6, 6.07) is 4.17. The molecule has 3 rings (SSSR count). The molecule has 0 atom stereocenters. The van der Waals surface area contributed by atoms with E-state index in [4.69, 9.17) is 15.2 Å². The second kappa shape index (κ2) is 5.33. The van der Waals surface area contributed by atoms with Crippen LogP contribution in [0.25, 0.3) is 0 Å². The van der Waals surface area contributed by atoms with E-state index in [2.05, 4.69) is 28.1 Å². The first-order valence-corrected chi connectivity index (χ1v) is 7.80. The van der Waals surface area contributed by atoms with Crippen LogP contribution in [-0.2, 0) is 6.42 Å². The molecule has 3 nitrogen and oxygen atoms in total. The zero-order chi connectivity index (χ0) is 13.3. The van der Waals surface area contributed by atoms with Gasteiger partial charge in [-0.3, -0.25) is 0 Å². The molecular formula is C15H20BrNO2. The third kappa shape index (κ3) is 2.90. The van der Waals surface area contributed by atoms with Crippen LogP contribution in [0.2, 0.25) is 0 Å². The number of benzene rings is 1. The predicted octanol–water partition coefficient (Wildman–Crippen LogP) is 3.28. The summed E-state index contributed by atoms with van der Waals surface area (Å²) in [4.78, 5) is 0. The lowest BCUT2D eigenvalue weighted by molar-refractivity contribution is 0.197. The Balaban J connectivity index is 1.76. The molecule has 1 aromatic carbocycles. The van der Waals surface area contributed by atoms with Gasteiger partial charge in [0.15, 0.2) is 11.5 Å². The summed E-state index contributed by atoms with van der Waals surface area (Å²) in [6.45, 7) is 2.34. The van der Waals surface area contributed by atoms with Gasteiger partial charge in [-0.1, -0.05) is 15.9 Å². The van der Waals surface area contributed by atoms with E-state index in [1.807, 2.05) is 0 Å². The van der Waals surface area contributed by atoms with E-state index >= 15 is 0 Å². The Bertz CT molecular complexity index is 471. The zero-order valence-corrected chi connectivity index (χ0v) is 12.7. The minimum Gasteiger partial charge on any atom is -0.489 e. The van der Waals surface area contributed by atoms with E-state index in [1.54, 1.807) is 0 Å². The fourth-order valence-electron chi connectivity index (χ4n) is 2.42. The number of nitrogens with two attached hydrogens (primary N) is 1. The molecule has 1 aromatic rings. The van der Waals surface area contributed by atoms with Crippen LogP contribution in [0, 0.1) is 5.41 Å². The number of hydrogen-bond donors (Lipinski definition) is 1. The van der Waals surface area contributed by atoms with Crippen molar-refractivity contribution < 1.29 is 9.47 Å². The number of fused-ring (bicyclic) bond motifs is 1. The molecule has 19 heavy (non-hydrogen) atoms. The van der Waals surface area contributed by atoms with Gasteiger partial charge in [-0.05, 0) is 56.3 Å². The maximum absolute atomic E-state index is 5.96. The smallest absolute Gasteiger partial charge is 0.162 e. The van der Waals surface area contributed by atoms with Gasteiger partial charge in [-0.25, -0.2) is 0 Å². The number of ether oxygens (including phenoxy) is 2. The van der Waals surface area contributed by atoms with Crippen molar-refractivity contribution in [2.24, 2.45) is 11.1 Å². The summed E-state index contributed by atoms with van der Waals surface area (Å²) in [7, 11) is 0. The Labute approximate surface area is 122 Å². The van der Waals surface area contributed by atoms with Crippen molar-refractivity contribution in [3.8, 4) is 11.5 Å². The van der Waals surface area contributed by atoms with Crippen LogP contribution in [0.3, 0.4) is 0 Å². The number of rotatable bonds is 4. The number of aryl methyl sites for hydroxylation is 1. The van der Waals surface area contributed by atoms with Crippen LogP contribution in [-0.4, -0.2) is 19.8 Å². The first-order chi connectivity index (χ1) is 9.22. The van der Waals surface area contributed by atoms with Gasteiger partial charge in [0, 0.05) is 9.89 Å². The first kappa shape index (κ1) is 13.3. The minimum atomic E-state index is 0.297. The molecule has 1 heterocycles. The van der Waals surface area contributed by atoms with Crippen molar-refractivity contribution in [2.45, 2.75) is 32.1 Å². The number of hydrogen-bond acceptors (Lipinski definition) is 3. The van der Waals surface area contributed by atoms with Crippen LogP contribution in [0.4, 0.5) is 0 Å². The van der Waals surface area contributed by atoms with Crippen molar-refractivity contribution in [3.05, 3.63) is 22.2 Å². The van der Waals surface area contributed by atoms with Crippen molar-refractivity contribution in [2.75, 3.05) is 19.8 Å². The maximum Gasteiger partial charge on any atom is 0.162 e. The normalized spacial score (nSPS) is 19.3. The van der Waals surface area contributed by atoms with Crippen LogP contribution >= 0.6 is 15.9 Å². The van der Waals surface area contributed by atoms with Crippen LogP contribution in [0.1, 0.15) is 31.2 Å². The molecule has 0 saturated heterocycles. The van der Waals surface area contributed by atoms with Gasteiger partial charge >= 0.3 is 0 Å². The molecule has 0 aromatic heterocycles. The first-order valence-electron chi connectivity index (χ1n) is 7.01. The molecular weight excluding hydrogens is 306 g/mol. The van der Waals surface area contributed by atoms with Crippen LogP contribution in [0.5, 0.6) is 11.5 Å². The zero-order valence-electron chi connectivity index (χ0n) is 11.1. The van der Waals surface area contributed by atoms with Gasteiger partial charge in [0.2, 0.25) is 0 Å². The Morgan fingerprint density at radius 3 is 2.42 bits per heavy atom. The molecule has 1 fully saturated rings. The summed E-state index contributed by atoms with van der Waals surface area (Å²) in [5, 5.41) is 0. The van der Waals surface area contributed by atoms with Crippen molar-refractivity contribution >= 4 is 15.9 Å². The molecule has 104 valence electrons. The summed E-state index contributed by atoms with van der Waals surface area (Å²) in [5.74, 6) is 1.77. The highest BCUT2D eigenvalue weighted by Gasteiger charge is 2.46. The second-order valence-corrected chi connectivity index (χ2v) is 6.57. The standard InChI is InChI=1S/C15H20BrNO2/c16-12-8-14-13(7-11(12)3-1-2-6-17)18-9-15(4-5-15)10-19-14/h7-8H,1-6,9-10,17H2. The van der Waals surface area contributed by atoms with E-state index in [-0.39, 0.29) is 0 Å². The minimum absolute atomic E-state index is 0.297. The van der Waals surface area contributed by atoms with Gasteiger partial charge < -0.3 is 15.2 Å². The van der Waals surface area contributed by atoms with E-state index in [0.717, 1.165) is 55.0 Å². The number of halogens is 1. The molecule has 4 heteroatoms. The molecule has 1 aliphatic carbocycles. The monoisotopic (exact) mass is 325 g/mol. The average Bonchev–Trinajstić information content (AvgIpc) is 3.19. The van der Waals surface area contributed by atoms with E-state index in [9.17, 15) is 0 Å². The third-order valence-corrected chi connectivity index (χ3v) is 4.78. The summed E-state index contributed by atoms with van der Waals surface area (Å²) in [6.07, 6.45) is 5.65. The SMILES string of the molecule is NCCCCc1cc2c(cc1Br)OCC1(CC1)CO2. The summed E-state index contributed by atoms with van der Waals surface area (Å²) >= 11 is 3.63. The Morgan fingerprint density at radius 2 is 1.79 bits per heavy atom.